The van der Waals surface area contributed by atoms with Gasteiger partial charge in [-0.15, -0.1) is 0 Å². The molecule has 1 aromatic rings. The summed E-state index contributed by atoms with van der Waals surface area (Å²) in [5.41, 5.74) is 0. The normalized spacial score (nSPS) is 16.4. The molecule has 1 saturated heterocycles. The van der Waals surface area contributed by atoms with Crippen molar-refractivity contribution in [3.63, 3.8) is 0 Å². The Hall–Kier alpha value is -1.40. The Morgan fingerprint density at radius 2 is 2.00 bits per heavy atom. The van der Waals surface area contributed by atoms with Gasteiger partial charge in [-0.25, -0.2) is 4.98 Å². The molecule has 1 aliphatic rings. The third-order valence-electron chi connectivity index (χ3n) is 3.38. The second-order valence-corrected chi connectivity index (χ2v) is 5.12. The fraction of sp³-hybridized carbons (Fsp3) is 0.692. The first-order chi connectivity index (χ1) is 9.16. The monoisotopic (exact) mass is 264 g/mol. The van der Waals surface area contributed by atoms with Crippen molar-refractivity contribution in [3.8, 4) is 0 Å². The van der Waals surface area contributed by atoms with Gasteiger partial charge in [0.15, 0.2) is 0 Å². The molecule has 0 amide bonds. The van der Waals surface area contributed by atoms with E-state index in [1.54, 1.807) is 0 Å². The van der Waals surface area contributed by atoms with Crippen LogP contribution >= 0.6 is 0 Å². The van der Waals surface area contributed by atoms with Crippen LogP contribution in [0.1, 0.15) is 0 Å². The lowest BCUT2D eigenvalue weighted by Gasteiger charge is -2.29. The highest BCUT2D eigenvalue weighted by Gasteiger charge is 2.11. The van der Waals surface area contributed by atoms with Gasteiger partial charge >= 0.3 is 0 Å². The second kappa shape index (κ2) is 6.68. The Morgan fingerprint density at radius 1 is 1.26 bits per heavy atom. The lowest BCUT2D eigenvalue weighted by Crippen LogP contribution is -2.46. The molecule has 6 heteroatoms. The summed E-state index contributed by atoms with van der Waals surface area (Å²) in [5, 5.41) is 3.37. The number of nitrogens with zero attached hydrogens (tertiary/aromatic N) is 5. The lowest BCUT2D eigenvalue weighted by atomic mass is 10.3. The topological polar surface area (TPSA) is 47.5 Å². The van der Waals surface area contributed by atoms with E-state index in [-0.39, 0.29) is 0 Å². The highest BCUT2D eigenvalue weighted by Crippen LogP contribution is 2.11. The fourth-order valence-electron chi connectivity index (χ4n) is 2.11. The van der Waals surface area contributed by atoms with Crippen molar-refractivity contribution >= 4 is 11.8 Å². The second-order valence-electron chi connectivity index (χ2n) is 5.12. The van der Waals surface area contributed by atoms with Crippen LogP contribution in [0.4, 0.5) is 11.8 Å². The molecule has 0 aromatic carbocycles. The van der Waals surface area contributed by atoms with Crippen molar-refractivity contribution in [2.45, 2.75) is 0 Å². The molecule has 0 aliphatic carbocycles. The summed E-state index contributed by atoms with van der Waals surface area (Å²) in [6.45, 7) is 6.55. The van der Waals surface area contributed by atoms with Crippen molar-refractivity contribution in [2.75, 3.05) is 70.2 Å². The molecule has 2 rings (SSSR count). The van der Waals surface area contributed by atoms with Gasteiger partial charge in [0.25, 0.3) is 0 Å². The molecule has 0 radical (unpaired) electrons. The number of aromatic nitrogens is 2. The van der Waals surface area contributed by atoms with Crippen molar-refractivity contribution in [1.82, 2.24) is 20.2 Å². The van der Waals surface area contributed by atoms with E-state index in [2.05, 4.69) is 32.1 Å². The Labute approximate surface area is 115 Å². The summed E-state index contributed by atoms with van der Waals surface area (Å²) in [7, 11) is 6.00. The van der Waals surface area contributed by atoms with E-state index in [0.29, 0.717) is 0 Å². The van der Waals surface area contributed by atoms with E-state index in [1.807, 2.05) is 31.3 Å². The molecule has 1 fully saturated rings. The van der Waals surface area contributed by atoms with E-state index in [1.165, 1.54) is 0 Å². The van der Waals surface area contributed by atoms with Crippen LogP contribution in [0.3, 0.4) is 0 Å². The maximum absolute atomic E-state index is 4.55. The Kier molecular flexibility index (Phi) is 4.93. The predicted molar refractivity (Wildman–Crippen MR) is 78.9 cm³/mol. The minimum atomic E-state index is 0.756. The molecule has 1 N–H and O–H groups in total. The van der Waals surface area contributed by atoms with Gasteiger partial charge in [-0.1, -0.05) is 0 Å². The highest BCUT2D eigenvalue weighted by molar-refractivity contribution is 5.42. The molecule has 0 unspecified atom stereocenters. The van der Waals surface area contributed by atoms with Crippen LogP contribution in [0.2, 0.25) is 0 Å². The zero-order chi connectivity index (χ0) is 13.7. The summed E-state index contributed by atoms with van der Waals surface area (Å²) in [6, 6.07) is 1.96. The van der Waals surface area contributed by atoms with Crippen LogP contribution in [0, 0.1) is 0 Å². The highest BCUT2D eigenvalue weighted by atomic mass is 15.3. The van der Waals surface area contributed by atoms with Gasteiger partial charge in [-0.05, 0) is 6.07 Å². The van der Waals surface area contributed by atoms with Crippen molar-refractivity contribution in [3.05, 3.63) is 12.3 Å². The maximum Gasteiger partial charge on any atom is 0.226 e. The van der Waals surface area contributed by atoms with Crippen LogP contribution in [0.15, 0.2) is 12.3 Å². The lowest BCUT2D eigenvalue weighted by molar-refractivity contribution is 0.246. The van der Waals surface area contributed by atoms with E-state index < -0.39 is 0 Å². The Morgan fingerprint density at radius 3 is 2.68 bits per heavy atom. The van der Waals surface area contributed by atoms with Gasteiger partial charge in [0.1, 0.15) is 5.82 Å². The van der Waals surface area contributed by atoms with Crippen molar-refractivity contribution < 1.29 is 0 Å². The Bertz CT molecular complexity index is 388. The molecule has 2 heterocycles. The number of likely N-dealkylation sites (N-methyl/N-ethyl adjacent to an activating group) is 1. The minimum absolute atomic E-state index is 0.756. The van der Waals surface area contributed by atoms with E-state index in [9.17, 15) is 0 Å². The molecule has 1 aromatic heterocycles. The number of rotatable bonds is 5. The van der Waals surface area contributed by atoms with Crippen LogP contribution in [0.5, 0.6) is 0 Å². The summed E-state index contributed by atoms with van der Waals surface area (Å²) in [4.78, 5) is 15.4. The van der Waals surface area contributed by atoms with Gasteiger partial charge in [0.2, 0.25) is 5.95 Å². The molecule has 0 bridgehead atoms. The Balaban J connectivity index is 1.88. The first kappa shape index (κ1) is 14.0. The van der Waals surface area contributed by atoms with Crippen LogP contribution < -0.4 is 15.1 Å². The summed E-state index contributed by atoms with van der Waals surface area (Å²) in [6.07, 6.45) is 1.82. The van der Waals surface area contributed by atoms with Gasteiger partial charge in [-0.3, -0.25) is 4.90 Å². The van der Waals surface area contributed by atoms with Crippen LogP contribution in [-0.2, 0) is 0 Å². The molecule has 19 heavy (non-hydrogen) atoms. The van der Waals surface area contributed by atoms with Gasteiger partial charge in [-0.2, -0.15) is 4.98 Å². The molecule has 0 spiro atoms. The number of piperazine rings is 1. The summed E-state index contributed by atoms with van der Waals surface area (Å²) in [5.74, 6) is 1.74. The van der Waals surface area contributed by atoms with E-state index in [0.717, 1.165) is 51.0 Å². The van der Waals surface area contributed by atoms with E-state index in [4.69, 9.17) is 0 Å². The zero-order valence-corrected chi connectivity index (χ0v) is 12.1. The van der Waals surface area contributed by atoms with Gasteiger partial charge < -0.3 is 15.1 Å². The molecule has 1 aliphatic heterocycles. The van der Waals surface area contributed by atoms with Crippen molar-refractivity contribution in [1.29, 1.82) is 0 Å². The van der Waals surface area contributed by atoms with Crippen LogP contribution in [-0.4, -0.2) is 75.3 Å². The van der Waals surface area contributed by atoms with Gasteiger partial charge in [0, 0.05) is 66.6 Å². The average molecular weight is 264 g/mol. The fourth-order valence-corrected chi connectivity index (χ4v) is 2.11. The minimum Gasteiger partial charge on any atom is -0.358 e. The van der Waals surface area contributed by atoms with Crippen molar-refractivity contribution in [2.24, 2.45) is 0 Å². The first-order valence-electron chi connectivity index (χ1n) is 6.81. The third-order valence-corrected chi connectivity index (χ3v) is 3.38. The smallest absolute Gasteiger partial charge is 0.226 e. The molecular weight excluding hydrogens is 240 g/mol. The quantitative estimate of drug-likeness (QED) is 0.800. The SMILES string of the molecule is CN(C)c1nccc(N(C)CCN2CCNCC2)n1. The van der Waals surface area contributed by atoms with Crippen LogP contribution in [0.25, 0.3) is 0 Å². The molecular formula is C13H24N6. The molecule has 6 nitrogen and oxygen atoms in total. The summed E-state index contributed by atoms with van der Waals surface area (Å²) >= 11 is 0. The standard InChI is InChI=1S/C13H24N6/c1-17(2)13-15-5-4-12(16-13)18(3)10-11-19-8-6-14-7-9-19/h4-5,14H,6-11H2,1-3H3. The number of hydrogen-bond acceptors (Lipinski definition) is 6. The summed E-state index contributed by atoms with van der Waals surface area (Å²) < 4.78 is 0. The zero-order valence-electron chi connectivity index (χ0n) is 12.1. The third kappa shape index (κ3) is 4.04. The largest absolute Gasteiger partial charge is 0.358 e. The van der Waals surface area contributed by atoms with E-state index >= 15 is 0 Å². The molecule has 0 saturated carbocycles. The average Bonchev–Trinajstić information content (AvgIpc) is 2.46. The number of nitrogens with one attached hydrogen (secondary N) is 1. The van der Waals surface area contributed by atoms with Gasteiger partial charge in [0.05, 0.1) is 0 Å². The molecule has 0 atom stereocenters. The number of anilines is 2. The maximum atomic E-state index is 4.55. The predicted octanol–water partition coefficient (Wildman–Crippen LogP) is -0.116. The number of hydrogen-bond donors (Lipinski definition) is 1. The first-order valence-corrected chi connectivity index (χ1v) is 6.81. The molecule has 106 valence electrons.